The van der Waals surface area contributed by atoms with Gasteiger partial charge in [0.05, 0.1) is 9.85 Å². The van der Waals surface area contributed by atoms with Crippen LogP contribution >= 0.6 is 0 Å². The van der Waals surface area contributed by atoms with Gasteiger partial charge in [-0.3, -0.25) is 20.2 Å². The van der Waals surface area contributed by atoms with Crippen LogP contribution in [0.4, 0.5) is 11.4 Å². The van der Waals surface area contributed by atoms with Crippen LogP contribution in [-0.2, 0) is 0 Å². The van der Waals surface area contributed by atoms with Gasteiger partial charge in [0.1, 0.15) is 0 Å². The second-order valence-electron chi connectivity index (χ2n) is 4.42. The summed E-state index contributed by atoms with van der Waals surface area (Å²) >= 11 is 0. The summed E-state index contributed by atoms with van der Waals surface area (Å²) in [6, 6.07) is 3.96. The van der Waals surface area contributed by atoms with E-state index in [2.05, 4.69) is 4.90 Å². The zero-order chi connectivity index (χ0) is 14.0. The Hall–Kier alpha value is -2.44. The van der Waals surface area contributed by atoms with Crippen LogP contribution in [0.1, 0.15) is 18.4 Å². The molecular formula is C12H13N3O4. The number of benzene rings is 1. The number of allylic oxidation sites excluding steroid dienone is 1. The fourth-order valence-electron chi connectivity index (χ4n) is 2.14. The van der Waals surface area contributed by atoms with Crippen LogP contribution in [0, 0.1) is 20.2 Å². The lowest BCUT2D eigenvalue weighted by molar-refractivity contribution is -0.422. The molecule has 1 aromatic rings. The van der Waals surface area contributed by atoms with Gasteiger partial charge < -0.3 is 4.90 Å². The number of hydrogen-bond donors (Lipinski definition) is 0. The summed E-state index contributed by atoms with van der Waals surface area (Å²) in [5.41, 5.74) is 0.746. The van der Waals surface area contributed by atoms with Crippen LogP contribution in [0.2, 0.25) is 0 Å². The van der Waals surface area contributed by atoms with E-state index in [-0.39, 0.29) is 0 Å². The molecule has 19 heavy (non-hydrogen) atoms. The van der Waals surface area contributed by atoms with Crippen molar-refractivity contribution in [3.05, 3.63) is 49.7 Å². The van der Waals surface area contributed by atoms with Gasteiger partial charge >= 0.3 is 11.4 Å². The lowest BCUT2D eigenvalue weighted by atomic mass is 10.1. The molecule has 0 aliphatic carbocycles. The van der Waals surface area contributed by atoms with Crippen molar-refractivity contribution in [1.82, 2.24) is 4.90 Å². The van der Waals surface area contributed by atoms with E-state index in [1.807, 2.05) is 13.1 Å². The molecule has 0 bridgehead atoms. The minimum atomic E-state index is -0.739. The van der Waals surface area contributed by atoms with Gasteiger partial charge in [-0.2, -0.15) is 0 Å². The monoisotopic (exact) mass is 263 g/mol. The standard InChI is InChI=1S/C12H13N3O4/c1-13-6-2-3-10(13)7-9-4-5-11(14(16)17)12(8-9)15(18)19/h4-5,7-8H,2-3,6H2,1H3. The van der Waals surface area contributed by atoms with Gasteiger partial charge in [-0.15, -0.1) is 0 Å². The summed E-state index contributed by atoms with van der Waals surface area (Å²) in [6.07, 6.45) is 3.81. The molecule has 2 rings (SSSR count). The van der Waals surface area contributed by atoms with Crippen molar-refractivity contribution < 1.29 is 9.85 Å². The van der Waals surface area contributed by atoms with Crippen molar-refractivity contribution in [1.29, 1.82) is 0 Å². The van der Waals surface area contributed by atoms with E-state index in [4.69, 9.17) is 0 Å². The predicted molar refractivity (Wildman–Crippen MR) is 69.6 cm³/mol. The Morgan fingerprint density at radius 1 is 1.21 bits per heavy atom. The molecule has 1 fully saturated rings. The highest BCUT2D eigenvalue weighted by Gasteiger charge is 2.24. The summed E-state index contributed by atoms with van der Waals surface area (Å²) in [5.74, 6) is 0. The summed E-state index contributed by atoms with van der Waals surface area (Å²) in [5, 5.41) is 21.6. The maximum Gasteiger partial charge on any atom is 0.346 e. The van der Waals surface area contributed by atoms with Gasteiger partial charge in [0.2, 0.25) is 0 Å². The molecule has 1 aliphatic heterocycles. The molecular weight excluding hydrogens is 250 g/mol. The van der Waals surface area contributed by atoms with Gasteiger partial charge in [0.25, 0.3) is 0 Å². The molecule has 0 amide bonds. The third-order valence-electron chi connectivity index (χ3n) is 3.14. The number of likely N-dealkylation sites (tertiary alicyclic amines) is 1. The van der Waals surface area contributed by atoms with E-state index in [1.54, 1.807) is 0 Å². The molecule has 0 radical (unpaired) electrons. The predicted octanol–water partition coefficient (Wildman–Crippen LogP) is 2.57. The first-order chi connectivity index (χ1) is 8.99. The fourth-order valence-corrected chi connectivity index (χ4v) is 2.14. The van der Waals surface area contributed by atoms with Gasteiger partial charge in [-0.25, -0.2) is 0 Å². The number of nitrogens with zero attached hydrogens (tertiary/aromatic N) is 3. The SMILES string of the molecule is CN1CCCC1=Cc1ccc([N+](=O)[O-])c([N+](=O)[O-])c1. The van der Waals surface area contributed by atoms with Crippen molar-refractivity contribution in [2.45, 2.75) is 12.8 Å². The second-order valence-corrected chi connectivity index (χ2v) is 4.42. The van der Waals surface area contributed by atoms with Crippen LogP contribution < -0.4 is 0 Å². The highest BCUT2D eigenvalue weighted by atomic mass is 16.6. The third kappa shape index (κ3) is 2.70. The largest absolute Gasteiger partial charge is 0.378 e. The first-order valence-corrected chi connectivity index (χ1v) is 5.83. The molecule has 0 spiro atoms. The molecule has 1 saturated heterocycles. The molecule has 0 N–H and O–H groups in total. The summed E-state index contributed by atoms with van der Waals surface area (Å²) in [4.78, 5) is 22.2. The first-order valence-electron chi connectivity index (χ1n) is 5.83. The maximum absolute atomic E-state index is 10.8. The molecule has 0 atom stereocenters. The quantitative estimate of drug-likeness (QED) is 0.617. The Morgan fingerprint density at radius 2 is 1.89 bits per heavy atom. The molecule has 0 aromatic heterocycles. The Kier molecular flexibility index (Phi) is 3.46. The van der Waals surface area contributed by atoms with Gasteiger partial charge in [0.15, 0.2) is 0 Å². The van der Waals surface area contributed by atoms with Crippen molar-refractivity contribution in [2.24, 2.45) is 0 Å². The van der Waals surface area contributed by atoms with Crippen LogP contribution in [0.25, 0.3) is 6.08 Å². The average Bonchev–Trinajstić information content (AvgIpc) is 2.74. The summed E-state index contributed by atoms with van der Waals surface area (Å²) in [6.45, 7) is 0.959. The zero-order valence-electron chi connectivity index (χ0n) is 10.4. The van der Waals surface area contributed by atoms with Crippen LogP contribution in [-0.4, -0.2) is 28.3 Å². The lowest BCUT2D eigenvalue weighted by Gasteiger charge is -2.12. The normalized spacial score (nSPS) is 16.9. The van der Waals surface area contributed by atoms with E-state index in [1.165, 1.54) is 18.2 Å². The highest BCUT2D eigenvalue weighted by molar-refractivity contribution is 5.63. The number of nitro benzene ring substituents is 2. The molecule has 7 nitrogen and oxygen atoms in total. The Labute approximate surface area is 109 Å². The molecule has 1 aromatic carbocycles. The van der Waals surface area contributed by atoms with Gasteiger partial charge in [-0.05, 0) is 30.5 Å². The molecule has 0 unspecified atom stereocenters. The Bertz CT molecular complexity index is 568. The molecule has 100 valence electrons. The second kappa shape index (κ2) is 5.05. The van der Waals surface area contributed by atoms with E-state index < -0.39 is 21.2 Å². The van der Waals surface area contributed by atoms with Crippen LogP contribution in [0.3, 0.4) is 0 Å². The van der Waals surface area contributed by atoms with E-state index in [0.29, 0.717) is 5.56 Å². The summed E-state index contributed by atoms with van der Waals surface area (Å²) < 4.78 is 0. The maximum atomic E-state index is 10.8. The van der Waals surface area contributed by atoms with Crippen molar-refractivity contribution in [2.75, 3.05) is 13.6 Å². The van der Waals surface area contributed by atoms with Gasteiger partial charge in [-0.1, -0.05) is 0 Å². The van der Waals surface area contributed by atoms with E-state index in [0.717, 1.165) is 25.1 Å². The average molecular weight is 263 g/mol. The zero-order valence-corrected chi connectivity index (χ0v) is 10.4. The highest BCUT2D eigenvalue weighted by Crippen LogP contribution is 2.29. The number of hydrogen-bond acceptors (Lipinski definition) is 5. The first kappa shape index (κ1) is 13.0. The van der Waals surface area contributed by atoms with E-state index in [9.17, 15) is 20.2 Å². The smallest absolute Gasteiger partial charge is 0.346 e. The fraction of sp³-hybridized carbons (Fsp3) is 0.333. The minimum absolute atomic E-state index is 0.472. The number of rotatable bonds is 3. The third-order valence-corrected chi connectivity index (χ3v) is 3.14. The topological polar surface area (TPSA) is 89.5 Å². The minimum Gasteiger partial charge on any atom is -0.378 e. The van der Waals surface area contributed by atoms with Crippen molar-refractivity contribution >= 4 is 17.5 Å². The van der Waals surface area contributed by atoms with Crippen LogP contribution in [0.15, 0.2) is 23.9 Å². The van der Waals surface area contributed by atoms with E-state index >= 15 is 0 Å². The Balaban J connectivity index is 2.41. The molecule has 1 aliphatic rings. The van der Waals surface area contributed by atoms with Crippen LogP contribution in [0.5, 0.6) is 0 Å². The van der Waals surface area contributed by atoms with Gasteiger partial charge in [0, 0.05) is 31.4 Å². The van der Waals surface area contributed by atoms with Crippen molar-refractivity contribution in [3.8, 4) is 0 Å². The van der Waals surface area contributed by atoms with Crippen molar-refractivity contribution in [3.63, 3.8) is 0 Å². The lowest BCUT2D eigenvalue weighted by Crippen LogP contribution is -2.09. The Morgan fingerprint density at radius 3 is 2.42 bits per heavy atom. The molecule has 1 heterocycles. The number of nitro groups is 2. The summed E-state index contributed by atoms with van der Waals surface area (Å²) in [7, 11) is 1.96. The molecule has 0 saturated carbocycles. The molecule has 7 heteroatoms.